The summed E-state index contributed by atoms with van der Waals surface area (Å²) in [5.74, 6) is 4.10. The van der Waals surface area contributed by atoms with Crippen molar-refractivity contribution >= 4 is 21.5 Å². The number of hydrogen-bond donors (Lipinski definition) is 0. The van der Waals surface area contributed by atoms with Gasteiger partial charge in [-0.1, -0.05) is 44.0 Å². The molecule has 4 aromatic rings. The number of methoxy groups -OCH3 is 1. The quantitative estimate of drug-likeness (QED) is 0.115. The second kappa shape index (κ2) is 17.4. The van der Waals surface area contributed by atoms with Crippen molar-refractivity contribution in [3.05, 3.63) is 71.8 Å². The Morgan fingerprint density at radius 3 is 1.31 bits per heavy atom. The zero-order chi connectivity index (χ0) is 36.9. The highest BCUT2D eigenvalue weighted by Crippen LogP contribution is 2.39. The average molecular weight is 743 g/mol. The number of benzene rings is 4. The van der Waals surface area contributed by atoms with Crippen LogP contribution in [0.25, 0.3) is 21.5 Å². The molecule has 10 heteroatoms. The molecule has 7 unspecified atom stereocenters. The van der Waals surface area contributed by atoms with E-state index in [4.69, 9.17) is 47.4 Å². The lowest BCUT2D eigenvalue weighted by atomic mass is 9.88. The number of epoxide rings is 5. The van der Waals surface area contributed by atoms with Gasteiger partial charge in [0.05, 0.1) is 45.2 Å². The summed E-state index contributed by atoms with van der Waals surface area (Å²) < 4.78 is 56.4. The van der Waals surface area contributed by atoms with E-state index >= 15 is 0 Å². The summed E-state index contributed by atoms with van der Waals surface area (Å²) in [4.78, 5) is 0. The maximum atomic E-state index is 6.36. The first-order chi connectivity index (χ1) is 26.5. The van der Waals surface area contributed by atoms with Gasteiger partial charge < -0.3 is 47.4 Å². The van der Waals surface area contributed by atoms with E-state index in [0.717, 1.165) is 94.6 Å². The monoisotopic (exact) mass is 742 g/mol. The first-order valence-corrected chi connectivity index (χ1v) is 19.7. The second-order valence-electron chi connectivity index (χ2n) is 15.3. The maximum absolute atomic E-state index is 6.36. The zero-order valence-corrected chi connectivity index (χ0v) is 31.8. The van der Waals surface area contributed by atoms with Crippen LogP contribution in [0.5, 0.6) is 23.0 Å². The number of ether oxygens (including phenoxy) is 10. The molecule has 54 heavy (non-hydrogen) atoms. The fraction of sp³-hybridized carbons (Fsp3) is 0.545. The van der Waals surface area contributed by atoms with Crippen LogP contribution in [0.4, 0.5) is 0 Å². The molecular formula is C44H54O10. The van der Waals surface area contributed by atoms with Crippen LogP contribution in [0.2, 0.25) is 0 Å². The fourth-order valence-electron chi connectivity index (χ4n) is 6.80. The van der Waals surface area contributed by atoms with Crippen molar-refractivity contribution in [3.63, 3.8) is 0 Å². The SMILES string of the molecule is CC1CO1.COC1CCCCC1C.c1cc2ccc(OCC3CO3)c(Cc3c(OCC4CO4)ccc4ccc(OCC5CO5)cc34)c2cc1OCC1CO1. The van der Waals surface area contributed by atoms with Crippen molar-refractivity contribution in [1.82, 2.24) is 0 Å². The van der Waals surface area contributed by atoms with Crippen LogP contribution in [0.1, 0.15) is 50.7 Å². The molecule has 10 rings (SSSR count). The van der Waals surface area contributed by atoms with Crippen LogP contribution >= 0.6 is 0 Å². The molecule has 0 N–H and O–H groups in total. The highest BCUT2D eigenvalue weighted by Gasteiger charge is 2.27. The van der Waals surface area contributed by atoms with Gasteiger partial charge in [-0.15, -0.1) is 0 Å². The van der Waals surface area contributed by atoms with Crippen LogP contribution in [0.3, 0.4) is 0 Å². The van der Waals surface area contributed by atoms with E-state index in [1.165, 1.54) is 25.7 Å². The molecular weight excluding hydrogens is 688 g/mol. The van der Waals surface area contributed by atoms with Crippen molar-refractivity contribution in [2.45, 2.75) is 82.6 Å². The van der Waals surface area contributed by atoms with E-state index in [1.807, 2.05) is 19.2 Å². The zero-order valence-electron chi connectivity index (χ0n) is 31.8. The van der Waals surface area contributed by atoms with Gasteiger partial charge in [-0.3, -0.25) is 0 Å². The topological polar surface area (TPSA) is 109 Å². The summed E-state index contributed by atoms with van der Waals surface area (Å²) in [6, 6.07) is 20.8. The molecule has 290 valence electrons. The van der Waals surface area contributed by atoms with E-state index in [-0.39, 0.29) is 24.4 Å². The minimum absolute atomic E-state index is 0.150. The summed E-state index contributed by atoms with van der Waals surface area (Å²) >= 11 is 0. The molecule has 0 aromatic heterocycles. The average Bonchev–Trinajstić information content (AvgIpc) is 4.00. The van der Waals surface area contributed by atoms with Crippen LogP contribution in [-0.4, -0.2) is 103 Å². The van der Waals surface area contributed by atoms with Gasteiger partial charge in [0.2, 0.25) is 0 Å². The van der Waals surface area contributed by atoms with Gasteiger partial charge in [0, 0.05) is 24.7 Å². The summed E-state index contributed by atoms with van der Waals surface area (Å²) in [5.41, 5.74) is 2.16. The smallest absolute Gasteiger partial charge is 0.123 e. The highest BCUT2D eigenvalue weighted by atomic mass is 16.6. The van der Waals surface area contributed by atoms with Crippen molar-refractivity contribution in [2.24, 2.45) is 5.92 Å². The van der Waals surface area contributed by atoms with E-state index in [9.17, 15) is 0 Å². The molecule has 5 saturated heterocycles. The van der Waals surface area contributed by atoms with Crippen molar-refractivity contribution in [2.75, 3.05) is 66.6 Å². The molecule has 1 aliphatic carbocycles. The van der Waals surface area contributed by atoms with Gasteiger partial charge in [0.1, 0.15) is 73.8 Å². The Morgan fingerprint density at radius 2 is 0.944 bits per heavy atom. The van der Waals surface area contributed by atoms with Gasteiger partial charge >= 0.3 is 0 Å². The lowest BCUT2D eigenvalue weighted by Gasteiger charge is -2.26. The summed E-state index contributed by atoms with van der Waals surface area (Å²) in [5, 5.41) is 4.40. The molecule has 5 heterocycles. The van der Waals surface area contributed by atoms with Crippen molar-refractivity contribution < 1.29 is 47.4 Å². The summed E-state index contributed by atoms with van der Waals surface area (Å²) in [6.07, 6.45) is 7.81. The second-order valence-corrected chi connectivity index (χ2v) is 15.3. The molecule has 4 aromatic carbocycles. The van der Waals surface area contributed by atoms with Gasteiger partial charge in [-0.2, -0.15) is 0 Å². The Morgan fingerprint density at radius 1 is 0.537 bits per heavy atom. The molecule has 0 radical (unpaired) electrons. The lowest BCUT2D eigenvalue weighted by Crippen LogP contribution is -2.23. The molecule has 7 atom stereocenters. The van der Waals surface area contributed by atoms with Gasteiger partial charge in [0.15, 0.2) is 0 Å². The van der Waals surface area contributed by atoms with Gasteiger partial charge in [-0.25, -0.2) is 0 Å². The predicted octanol–water partition coefficient (Wildman–Crippen LogP) is 7.31. The third-order valence-corrected chi connectivity index (χ3v) is 10.6. The number of hydrogen-bond acceptors (Lipinski definition) is 10. The van der Waals surface area contributed by atoms with Crippen molar-refractivity contribution in [1.29, 1.82) is 0 Å². The van der Waals surface area contributed by atoms with Crippen molar-refractivity contribution in [3.8, 4) is 23.0 Å². The van der Waals surface area contributed by atoms with Crippen LogP contribution in [0.15, 0.2) is 60.7 Å². The maximum Gasteiger partial charge on any atom is 0.123 e. The van der Waals surface area contributed by atoms with E-state index in [2.05, 4.69) is 62.4 Å². The minimum Gasteiger partial charge on any atom is -0.491 e. The fourth-order valence-corrected chi connectivity index (χ4v) is 6.80. The lowest BCUT2D eigenvalue weighted by molar-refractivity contribution is 0.0310. The Bertz CT molecular complexity index is 1710. The Hall–Kier alpha value is -3.64. The first kappa shape index (κ1) is 37.3. The molecule has 1 saturated carbocycles. The number of rotatable bonds is 15. The third-order valence-electron chi connectivity index (χ3n) is 10.6. The number of fused-ring (bicyclic) bond motifs is 2. The molecule has 0 amide bonds. The Labute approximate surface area is 318 Å². The summed E-state index contributed by atoms with van der Waals surface area (Å²) in [6.45, 7) is 10.5. The molecule has 10 nitrogen and oxygen atoms in total. The van der Waals surface area contributed by atoms with E-state index in [0.29, 0.717) is 45.1 Å². The third kappa shape index (κ3) is 10.8. The van der Waals surface area contributed by atoms with E-state index < -0.39 is 0 Å². The molecule has 0 bridgehead atoms. The largest absolute Gasteiger partial charge is 0.491 e. The van der Waals surface area contributed by atoms with Gasteiger partial charge in [0.25, 0.3) is 0 Å². The minimum atomic E-state index is 0.150. The molecule has 6 aliphatic rings. The van der Waals surface area contributed by atoms with Crippen LogP contribution < -0.4 is 18.9 Å². The predicted molar refractivity (Wildman–Crippen MR) is 205 cm³/mol. The molecule has 5 aliphatic heterocycles. The normalized spacial score (nSPS) is 27.1. The van der Waals surface area contributed by atoms with E-state index in [1.54, 1.807) is 0 Å². The van der Waals surface area contributed by atoms with Crippen LogP contribution in [0, 0.1) is 5.92 Å². The molecule has 0 spiro atoms. The van der Waals surface area contributed by atoms with Crippen LogP contribution in [-0.2, 0) is 34.8 Å². The Balaban J connectivity index is 0.000000269. The molecule has 6 fully saturated rings. The first-order valence-electron chi connectivity index (χ1n) is 19.7. The van der Waals surface area contributed by atoms with Gasteiger partial charge in [-0.05, 0) is 83.6 Å². The highest BCUT2D eigenvalue weighted by molar-refractivity contribution is 5.93. The summed E-state index contributed by atoms with van der Waals surface area (Å²) in [7, 11) is 1.83. The standard InChI is InChI=1S/C33H32O8.C8H16O.C3H6O/c1-5-22(34-12-24-14-36-24)9-28-20(1)3-7-32(40-18-26-16-38-26)30(28)11-31-29-10-23(35-13-25-15-37-25)6-2-21(29)4-8-33(31)41-19-27-17-39-27;1-7-5-3-4-6-8(7)9-2;1-3-2-4-3/h1-10,24-27H,11-19H2;7-8H,3-6H2,1-2H3;3H,2H2,1H3. The Kier molecular flexibility index (Phi) is 12.0.